The Morgan fingerprint density at radius 3 is 2.48 bits per heavy atom. The molecule has 0 aliphatic heterocycles. The van der Waals surface area contributed by atoms with Crippen LogP contribution < -0.4 is 5.32 Å². The molecule has 0 spiro atoms. The number of aromatic nitrogens is 2. The fourth-order valence-electron chi connectivity index (χ4n) is 1.82. The van der Waals surface area contributed by atoms with E-state index in [1.54, 1.807) is 10.9 Å². The number of carbonyl (C=O) groups excluding carboxylic acids is 1. The summed E-state index contributed by atoms with van der Waals surface area (Å²) in [6, 6.07) is 9.19. The lowest BCUT2D eigenvalue weighted by molar-refractivity contribution is -0.145. The Morgan fingerprint density at radius 2 is 1.95 bits per heavy atom. The van der Waals surface area contributed by atoms with Crippen molar-refractivity contribution in [1.29, 1.82) is 0 Å². The van der Waals surface area contributed by atoms with Gasteiger partial charge in [0.05, 0.1) is 12.1 Å². The average molecular weight is 287 g/mol. The average Bonchev–Trinajstić information content (AvgIpc) is 2.92. The number of hydrogen-bond acceptors (Lipinski definition) is 3. The SMILES string of the molecule is CC(C)(NC(=O)Cc1ccc(-n2cccn2)cc1)C(=O)O. The summed E-state index contributed by atoms with van der Waals surface area (Å²) in [6.07, 6.45) is 3.66. The minimum Gasteiger partial charge on any atom is -0.480 e. The van der Waals surface area contributed by atoms with Crippen LogP contribution in [0.5, 0.6) is 0 Å². The highest BCUT2D eigenvalue weighted by atomic mass is 16.4. The summed E-state index contributed by atoms with van der Waals surface area (Å²) >= 11 is 0. The van der Waals surface area contributed by atoms with Crippen LogP contribution in [0.1, 0.15) is 19.4 Å². The van der Waals surface area contributed by atoms with E-state index in [2.05, 4.69) is 10.4 Å². The van der Waals surface area contributed by atoms with Gasteiger partial charge in [-0.3, -0.25) is 4.79 Å². The van der Waals surface area contributed by atoms with Crippen molar-refractivity contribution in [1.82, 2.24) is 15.1 Å². The quantitative estimate of drug-likeness (QED) is 0.870. The molecule has 0 aliphatic carbocycles. The van der Waals surface area contributed by atoms with E-state index >= 15 is 0 Å². The molecule has 6 nitrogen and oxygen atoms in total. The lowest BCUT2D eigenvalue weighted by Gasteiger charge is -2.20. The van der Waals surface area contributed by atoms with E-state index in [1.165, 1.54) is 13.8 Å². The normalized spacial score (nSPS) is 11.1. The van der Waals surface area contributed by atoms with E-state index in [0.29, 0.717) is 0 Å². The molecule has 0 aliphatic rings. The van der Waals surface area contributed by atoms with Gasteiger partial charge in [-0.15, -0.1) is 0 Å². The molecule has 1 aromatic carbocycles. The third-order valence-corrected chi connectivity index (χ3v) is 3.06. The molecule has 0 bridgehead atoms. The van der Waals surface area contributed by atoms with Crippen LogP contribution in [0.15, 0.2) is 42.7 Å². The molecular weight excluding hydrogens is 270 g/mol. The number of amides is 1. The largest absolute Gasteiger partial charge is 0.480 e. The molecule has 0 unspecified atom stereocenters. The van der Waals surface area contributed by atoms with Crippen LogP contribution in [0.25, 0.3) is 5.69 Å². The van der Waals surface area contributed by atoms with E-state index in [-0.39, 0.29) is 12.3 Å². The van der Waals surface area contributed by atoms with Crippen LogP contribution in [0.4, 0.5) is 0 Å². The first-order chi connectivity index (χ1) is 9.88. The third-order valence-electron chi connectivity index (χ3n) is 3.06. The minimum atomic E-state index is -1.27. The first kappa shape index (κ1) is 14.8. The van der Waals surface area contributed by atoms with Crippen LogP contribution in [0.3, 0.4) is 0 Å². The maximum Gasteiger partial charge on any atom is 0.328 e. The molecule has 2 aromatic rings. The van der Waals surface area contributed by atoms with Crippen LogP contribution in [-0.4, -0.2) is 32.3 Å². The van der Waals surface area contributed by atoms with Gasteiger partial charge in [-0.2, -0.15) is 5.10 Å². The number of nitrogens with zero attached hydrogens (tertiary/aromatic N) is 2. The molecule has 21 heavy (non-hydrogen) atoms. The Kier molecular flexibility index (Phi) is 4.07. The van der Waals surface area contributed by atoms with Gasteiger partial charge in [-0.25, -0.2) is 9.48 Å². The second-order valence-corrected chi connectivity index (χ2v) is 5.27. The topological polar surface area (TPSA) is 84.2 Å². The van der Waals surface area contributed by atoms with Gasteiger partial charge in [-0.05, 0) is 37.6 Å². The van der Waals surface area contributed by atoms with Gasteiger partial charge in [-0.1, -0.05) is 12.1 Å². The van der Waals surface area contributed by atoms with E-state index in [9.17, 15) is 9.59 Å². The van der Waals surface area contributed by atoms with Crippen LogP contribution in [-0.2, 0) is 16.0 Å². The fraction of sp³-hybridized carbons (Fsp3) is 0.267. The smallest absolute Gasteiger partial charge is 0.328 e. The van der Waals surface area contributed by atoms with Crippen molar-refractivity contribution >= 4 is 11.9 Å². The van der Waals surface area contributed by atoms with Crippen molar-refractivity contribution < 1.29 is 14.7 Å². The molecule has 2 N–H and O–H groups in total. The van der Waals surface area contributed by atoms with Crippen molar-refractivity contribution in [3.8, 4) is 5.69 Å². The van der Waals surface area contributed by atoms with Gasteiger partial charge >= 0.3 is 5.97 Å². The van der Waals surface area contributed by atoms with Crippen LogP contribution >= 0.6 is 0 Å². The molecule has 0 radical (unpaired) electrons. The highest BCUT2D eigenvalue weighted by Gasteiger charge is 2.28. The number of nitrogens with one attached hydrogen (secondary N) is 1. The lowest BCUT2D eigenvalue weighted by atomic mass is 10.0. The van der Waals surface area contributed by atoms with E-state index in [4.69, 9.17) is 5.11 Å². The molecule has 1 amide bonds. The molecule has 110 valence electrons. The first-order valence-electron chi connectivity index (χ1n) is 6.52. The zero-order valence-electron chi connectivity index (χ0n) is 11.9. The minimum absolute atomic E-state index is 0.135. The Hall–Kier alpha value is -2.63. The molecule has 0 saturated carbocycles. The summed E-state index contributed by atoms with van der Waals surface area (Å²) in [6.45, 7) is 2.90. The molecule has 0 atom stereocenters. The molecule has 1 heterocycles. The van der Waals surface area contributed by atoms with Gasteiger partial charge in [0.25, 0.3) is 0 Å². The number of hydrogen-bond donors (Lipinski definition) is 2. The molecular formula is C15H17N3O3. The van der Waals surface area contributed by atoms with Crippen molar-refractivity contribution in [2.24, 2.45) is 0 Å². The number of carbonyl (C=O) groups is 2. The summed E-state index contributed by atoms with van der Waals surface area (Å²) in [5.74, 6) is -1.39. The summed E-state index contributed by atoms with van der Waals surface area (Å²) < 4.78 is 1.72. The number of carboxylic acid groups (broad SMARTS) is 1. The van der Waals surface area contributed by atoms with Gasteiger partial charge in [0.1, 0.15) is 5.54 Å². The third kappa shape index (κ3) is 3.68. The zero-order valence-corrected chi connectivity index (χ0v) is 11.9. The number of carboxylic acids is 1. The molecule has 0 saturated heterocycles. The number of aliphatic carboxylic acids is 1. The molecule has 0 fully saturated rings. The monoisotopic (exact) mass is 287 g/mol. The van der Waals surface area contributed by atoms with Crippen molar-refractivity contribution in [3.63, 3.8) is 0 Å². The second-order valence-electron chi connectivity index (χ2n) is 5.27. The molecule has 1 aromatic heterocycles. The summed E-state index contributed by atoms with van der Waals surface area (Å²) in [4.78, 5) is 22.8. The second kappa shape index (κ2) is 5.78. The molecule has 6 heteroatoms. The summed E-state index contributed by atoms with van der Waals surface area (Å²) in [5, 5.41) is 15.6. The summed E-state index contributed by atoms with van der Waals surface area (Å²) in [5.41, 5.74) is 0.436. The fourth-order valence-corrected chi connectivity index (χ4v) is 1.82. The van der Waals surface area contributed by atoms with Gasteiger partial charge in [0, 0.05) is 12.4 Å². The predicted molar refractivity (Wildman–Crippen MR) is 77.1 cm³/mol. The number of rotatable bonds is 5. The lowest BCUT2D eigenvalue weighted by Crippen LogP contribution is -2.50. The molecule has 2 rings (SSSR count). The van der Waals surface area contributed by atoms with Crippen molar-refractivity contribution in [2.45, 2.75) is 25.8 Å². The highest BCUT2D eigenvalue weighted by Crippen LogP contribution is 2.10. The van der Waals surface area contributed by atoms with Gasteiger partial charge in [0.2, 0.25) is 5.91 Å². The first-order valence-corrected chi connectivity index (χ1v) is 6.52. The van der Waals surface area contributed by atoms with Gasteiger partial charge in [0.15, 0.2) is 0 Å². The summed E-state index contributed by atoms with van der Waals surface area (Å²) in [7, 11) is 0. The number of benzene rings is 1. The van der Waals surface area contributed by atoms with E-state index in [1.807, 2.05) is 36.5 Å². The van der Waals surface area contributed by atoms with Crippen molar-refractivity contribution in [2.75, 3.05) is 0 Å². The zero-order chi connectivity index (χ0) is 15.5. The van der Waals surface area contributed by atoms with E-state index in [0.717, 1.165) is 11.3 Å². The highest BCUT2D eigenvalue weighted by molar-refractivity contribution is 5.87. The Bertz CT molecular complexity index is 631. The Labute approximate surface area is 122 Å². The Morgan fingerprint density at radius 1 is 1.29 bits per heavy atom. The Balaban J connectivity index is 2.01. The van der Waals surface area contributed by atoms with Crippen LogP contribution in [0, 0.1) is 0 Å². The maximum absolute atomic E-state index is 11.9. The van der Waals surface area contributed by atoms with Gasteiger partial charge < -0.3 is 10.4 Å². The van der Waals surface area contributed by atoms with Crippen molar-refractivity contribution in [3.05, 3.63) is 48.3 Å². The van der Waals surface area contributed by atoms with E-state index < -0.39 is 11.5 Å². The predicted octanol–water partition coefficient (Wildman–Crippen LogP) is 1.39. The maximum atomic E-state index is 11.9. The standard InChI is InChI=1S/C15H17N3O3/c1-15(2,14(20)21)17-13(19)10-11-4-6-12(7-5-11)18-9-3-8-16-18/h3-9H,10H2,1-2H3,(H,17,19)(H,20,21). The van der Waals surface area contributed by atoms with Crippen LogP contribution in [0.2, 0.25) is 0 Å².